The number of fused-ring (bicyclic) bond motifs is 2. The summed E-state index contributed by atoms with van der Waals surface area (Å²) in [5, 5.41) is 8.93. The molecule has 0 aliphatic carbocycles. The fourth-order valence-electron chi connectivity index (χ4n) is 4.65. The Balaban J connectivity index is 1.61. The molecule has 132 valence electrons. The first-order valence-electron chi connectivity index (χ1n) is 9.33. The van der Waals surface area contributed by atoms with Gasteiger partial charge in [-0.2, -0.15) is 5.26 Å². The van der Waals surface area contributed by atoms with Gasteiger partial charge in [-0.3, -0.25) is 9.69 Å². The molecule has 0 radical (unpaired) electrons. The Labute approximate surface area is 149 Å². The van der Waals surface area contributed by atoms with E-state index < -0.39 is 0 Å². The van der Waals surface area contributed by atoms with Crippen LogP contribution >= 0.6 is 0 Å². The molecule has 1 aromatic carbocycles. The fraction of sp³-hybridized carbons (Fsp3) is 0.600. The highest BCUT2D eigenvalue weighted by Gasteiger charge is 2.45. The van der Waals surface area contributed by atoms with Crippen LogP contribution in [0.2, 0.25) is 0 Å². The van der Waals surface area contributed by atoms with E-state index in [1.807, 2.05) is 11.0 Å². The zero-order chi connectivity index (χ0) is 17.3. The fourth-order valence-corrected chi connectivity index (χ4v) is 4.65. The second-order valence-corrected chi connectivity index (χ2v) is 7.55. The number of nitriles is 1. The van der Waals surface area contributed by atoms with Crippen molar-refractivity contribution >= 4 is 11.6 Å². The van der Waals surface area contributed by atoms with Gasteiger partial charge in [-0.15, -0.1) is 0 Å². The number of rotatable bonds is 3. The van der Waals surface area contributed by atoms with E-state index >= 15 is 0 Å². The summed E-state index contributed by atoms with van der Waals surface area (Å²) in [5.74, 6) is 0.225. The number of nitrogens with zero attached hydrogens (tertiary/aromatic N) is 3. The van der Waals surface area contributed by atoms with Crippen LogP contribution in [0, 0.1) is 11.3 Å². The Morgan fingerprint density at radius 2 is 2.08 bits per heavy atom. The third-order valence-corrected chi connectivity index (χ3v) is 6.07. The molecule has 1 spiro atoms. The molecule has 1 aromatic rings. The zero-order valence-corrected chi connectivity index (χ0v) is 14.6. The summed E-state index contributed by atoms with van der Waals surface area (Å²) in [4.78, 5) is 17.2. The van der Waals surface area contributed by atoms with Crippen LogP contribution in [0.5, 0.6) is 0 Å². The number of amides is 1. The van der Waals surface area contributed by atoms with Crippen LogP contribution in [0.4, 0.5) is 5.69 Å². The number of para-hydroxylation sites is 1. The number of piperidine rings is 1. The maximum absolute atomic E-state index is 13.0. The number of hydrogen-bond donors (Lipinski definition) is 0. The lowest BCUT2D eigenvalue weighted by atomic mass is 9.67. The molecule has 0 bridgehead atoms. The smallest absolute Gasteiger partial charge is 0.227 e. The molecule has 2 fully saturated rings. The first-order chi connectivity index (χ1) is 12.2. The van der Waals surface area contributed by atoms with Crippen molar-refractivity contribution < 1.29 is 9.53 Å². The predicted molar refractivity (Wildman–Crippen MR) is 95.4 cm³/mol. The Morgan fingerprint density at radius 1 is 1.28 bits per heavy atom. The zero-order valence-electron chi connectivity index (χ0n) is 14.6. The van der Waals surface area contributed by atoms with E-state index in [1.165, 1.54) is 5.56 Å². The van der Waals surface area contributed by atoms with Gasteiger partial charge < -0.3 is 9.64 Å². The highest BCUT2D eigenvalue weighted by Crippen LogP contribution is 2.47. The first-order valence-corrected chi connectivity index (χ1v) is 9.33. The van der Waals surface area contributed by atoms with Crippen LogP contribution in [0.15, 0.2) is 24.3 Å². The molecule has 0 aromatic heterocycles. The summed E-state index contributed by atoms with van der Waals surface area (Å²) in [6, 6.07) is 10.6. The Bertz CT molecular complexity index is 682. The van der Waals surface area contributed by atoms with Crippen LogP contribution in [0.25, 0.3) is 0 Å². The minimum Gasteiger partial charge on any atom is -0.376 e. The van der Waals surface area contributed by atoms with Crippen LogP contribution in [0.3, 0.4) is 0 Å². The van der Waals surface area contributed by atoms with Crippen molar-refractivity contribution in [2.45, 2.75) is 43.6 Å². The minimum absolute atomic E-state index is 0.0628. The Hall–Kier alpha value is -1.90. The number of anilines is 1. The summed E-state index contributed by atoms with van der Waals surface area (Å²) < 4.78 is 5.77. The number of carbonyl (C=O) groups excluding carboxylic acids is 1. The molecule has 25 heavy (non-hydrogen) atoms. The summed E-state index contributed by atoms with van der Waals surface area (Å²) in [6.45, 7) is 3.75. The van der Waals surface area contributed by atoms with Gasteiger partial charge in [0, 0.05) is 37.2 Å². The van der Waals surface area contributed by atoms with Crippen molar-refractivity contribution in [2.75, 3.05) is 37.7 Å². The van der Waals surface area contributed by atoms with Gasteiger partial charge in [0.15, 0.2) is 0 Å². The topological polar surface area (TPSA) is 56.6 Å². The molecule has 4 rings (SSSR count). The van der Waals surface area contributed by atoms with Crippen molar-refractivity contribution in [3.8, 4) is 6.07 Å². The molecule has 3 heterocycles. The molecule has 0 unspecified atom stereocenters. The molecular formula is C20H25N3O2. The van der Waals surface area contributed by atoms with Crippen molar-refractivity contribution in [3.05, 3.63) is 29.8 Å². The molecular weight excluding hydrogens is 314 g/mol. The quantitative estimate of drug-likeness (QED) is 0.794. The normalized spacial score (nSPS) is 25.8. The number of carbonyl (C=O) groups is 1. The molecule has 0 N–H and O–H groups in total. The lowest BCUT2D eigenvalue weighted by Gasteiger charge is -2.47. The van der Waals surface area contributed by atoms with E-state index in [2.05, 4.69) is 29.2 Å². The van der Waals surface area contributed by atoms with Crippen molar-refractivity contribution in [2.24, 2.45) is 0 Å². The second-order valence-electron chi connectivity index (χ2n) is 7.55. The highest BCUT2D eigenvalue weighted by atomic mass is 16.5. The molecule has 3 aliphatic heterocycles. The maximum atomic E-state index is 13.0. The van der Waals surface area contributed by atoms with Gasteiger partial charge in [-0.1, -0.05) is 18.2 Å². The van der Waals surface area contributed by atoms with Crippen molar-refractivity contribution in [1.29, 1.82) is 5.26 Å². The van der Waals surface area contributed by atoms with Crippen LogP contribution < -0.4 is 4.90 Å². The highest BCUT2D eigenvalue weighted by molar-refractivity contribution is 5.98. The van der Waals surface area contributed by atoms with Crippen molar-refractivity contribution in [3.63, 3.8) is 0 Å². The summed E-state index contributed by atoms with van der Waals surface area (Å²) in [6.07, 6.45) is 4.78. The summed E-state index contributed by atoms with van der Waals surface area (Å²) in [5.41, 5.74) is 2.32. The summed E-state index contributed by atoms with van der Waals surface area (Å²) in [7, 11) is 0. The van der Waals surface area contributed by atoms with Gasteiger partial charge in [0.1, 0.15) is 0 Å². The van der Waals surface area contributed by atoms with Crippen LogP contribution in [-0.4, -0.2) is 49.7 Å². The minimum atomic E-state index is -0.0628. The molecule has 5 nitrogen and oxygen atoms in total. The van der Waals surface area contributed by atoms with Gasteiger partial charge in [0.25, 0.3) is 0 Å². The second kappa shape index (κ2) is 6.78. The monoisotopic (exact) mass is 339 g/mol. The molecule has 1 amide bonds. The third kappa shape index (κ3) is 3.05. The number of hydrogen-bond acceptors (Lipinski definition) is 4. The number of ether oxygens (including phenoxy) is 1. The van der Waals surface area contributed by atoms with Gasteiger partial charge in [-0.05, 0) is 37.3 Å². The summed E-state index contributed by atoms with van der Waals surface area (Å²) >= 11 is 0. The van der Waals surface area contributed by atoms with E-state index in [1.54, 1.807) is 0 Å². The standard InChI is InChI=1S/C20H25N3O2/c21-9-12-22-10-7-20(8-11-22)14-19(24)23(15-16-4-3-13-25-16)18-6-2-1-5-17(18)20/h1-2,5-6,16H,3-4,7-8,10-15H2/t16-/m1/s1. The molecule has 0 saturated carbocycles. The van der Waals surface area contributed by atoms with E-state index in [-0.39, 0.29) is 17.4 Å². The van der Waals surface area contributed by atoms with E-state index in [0.717, 1.165) is 51.1 Å². The average Bonchev–Trinajstić information content (AvgIpc) is 3.14. The predicted octanol–water partition coefficient (Wildman–Crippen LogP) is 2.46. The van der Waals surface area contributed by atoms with Gasteiger partial charge in [0.05, 0.1) is 25.3 Å². The van der Waals surface area contributed by atoms with Gasteiger partial charge in [0.2, 0.25) is 5.91 Å². The molecule has 1 atom stereocenters. The lowest BCUT2D eigenvalue weighted by molar-refractivity contribution is -0.121. The Kier molecular flexibility index (Phi) is 4.49. The lowest BCUT2D eigenvalue weighted by Crippen LogP contribution is -2.51. The van der Waals surface area contributed by atoms with Gasteiger partial charge >= 0.3 is 0 Å². The molecule has 3 aliphatic rings. The average molecular weight is 339 g/mol. The number of likely N-dealkylation sites (tertiary alicyclic amines) is 1. The SMILES string of the molecule is N#CCN1CCC2(CC1)CC(=O)N(C[C@H]1CCCO1)c1ccccc12. The van der Waals surface area contributed by atoms with Crippen molar-refractivity contribution in [1.82, 2.24) is 4.90 Å². The Morgan fingerprint density at radius 3 is 2.80 bits per heavy atom. The van der Waals surface area contributed by atoms with E-state index in [4.69, 9.17) is 10.00 Å². The third-order valence-electron chi connectivity index (χ3n) is 6.07. The van der Waals surface area contributed by atoms with Crippen LogP contribution in [-0.2, 0) is 14.9 Å². The first kappa shape index (κ1) is 16.6. The maximum Gasteiger partial charge on any atom is 0.227 e. The number of benzene rings is 1. The van der Waals surface area contributed by atoms with Gasteiger partial charge in [-0.25, -0.2) is 0 Å². The largest absolute Gasteiger partial charge is 0.376 e. The van der Waals surface area contributed by atoms with E-state index in [9.17, 15) is 4.79 Å². The molecule has 5 heteroatoms. The molecule has 2 saturated heterocycles. The van der Waals surface area contributed by atoms with E-state index in [0.29, 0.717) is 19.5 Å². The van der Waals surface area contributed by atoms with Crippen LogP contribution in [0.1, 0.15) is 37.7 Å².